The Balaban J connectivity index is 1.74. The largest absolute Gasteiger partial charge is 0.300 e. The molecule has 2 aliphatic rings. The van der Waals surface area contributed by atoms with Crippen molar-refractivity contribution in [1.82, 2.24) is 5.01 Å². The average molecular weight is 229 g/mol. The molecule has 3 rings (SSSR count). The Labute approximate surface area is 100 Å². The van der Waals surface area contributed by atoms with Gasteiger partial charge in [0.15, 0.2) is 0 Å². The van der Waals surface area contributed by atoms with Crippen LogP contribution in [0.2, 0.25) is 0 Å². The van der Waals surface area contributed by atoms with Crippen LogP contribution in [0.1, 0.15) is 25.7 Å². The van der Waals surface area contributed by atoms with Crippen molar-refractivity contribution >= 4 is 11.5 Å². The van der Waals surface area contributed by atoms with E-state index in [0.717, 1.165) is 18.5 Å². The van der Waals surface area contributed by atoms with Crippen LogP contribution >= 0.6 is 0 Å². The van der Waals surface area contributed by atoms with Crippen molar-refractivity contribution < 1.29 is 4.79 Å². The quantitative estimate of drug-likeness (QED) is 0.732. The average Bonchev–Trinajstić information content (AvgIpc) is 2.59. The van der Waals surface area contributed by atoms with Gasteiger partial charge in [-0.3, -0.25) is 9.80 Å². The standard InChI is InChI=1S/C13H15N3O/c17-13-8-11-6-7-12(9-13)16(11)15-14-10-4-2-1-3-5-10/h1-5,11-12H,6-9H2/t11-,12+. The fraction of sp³-hybridized carbons (Fsp3) is 0.462. The molecule has 2 saturated heterocycles. The van der Waals surface area contributed by atoms with Crippen molar-refractivity contribution in [2.24, 2.45) is 10.3 Å². The first kappa shape index (κ1) is 10.4. The molecule has 0 aliphatic carbocycles. The minimum Gasteiger partial charge on any atom is -0.300 e. The zero-order valence-electron chi connectivity index (χ0n) is 9.62. The number of nitrogens with zero attached hydrogens (tertiary/aromatic N) is 3. The molecular weight excluding hydrogens is 214 g/mol. The molecule has 2 bridgehead atoms. The van der Waals surface area contributed by atoms with Gasteiger partial charge in [-0.25, -0.2) is 0 Å². The number of benzene rings is 1. The second-order valence-corrected chi connectivity index (χ2v) is 4.74. The highest BCUT2D eigenvalue weighted by Crippen LogP contribution is 2.34. The van der Waals surface area contributed by atoms with Gasteiger partial charge in [-0.2, -0.15) is 0 Å². The molecule has 1 aromatic rings. The molecule has 0 N–H and O–H groups in total. The van der Waals surface area contributed by atoms with Crippen molar-refractivity contribution in [3.63, 3.8) is 0 Å². The van der Waals surface area contributed by atoms with Crippen LogP contribution in [0, 0.1) is 0 Å². The number of rotatable bonds is 2. The van der Waals surface area contributed by atoms with Crippen LogP contribution in [0.25, 0.3) is 0 Å². The third-order valence-corrected chi connectivity index (χ3v) is 3.53. The fourth-order valence-corrected chi connectivity index (χ4v) is 2.69. The summed E-state index contributed by atoms with van der Waals surface area (Å²) in [5.74, 6) is 0.378. The summed E-state index contributed by atoms with van der Waals surface area (Å²) in [5, 5.41) is 10.6. The lowest BCUT2D eigenvalue weighted by Gasteiger charge is -2.29. The second kappa shape index (κ2) is 4.28. The van der Waals surface area contributed by atoms with Gasteiger partial charge < -0.3 is 0 Å². The molecule has 0 unspecified atom stereocenters. The number of ketones is 1. The predicted molar refractivity (Wildman–Crippen MR) is 63.8 cm³/mol. The summed E-state index contributed by atoms with van der Waals surface area (Å²) in [7, 11) is 0. The highest BCUT2D eigenvalue weighted by atomic mass is 16.1. The van der Waals surface area contributed by atoms with Crippen LogP contribution in [0.5, 0.6) is 0 Å². The van der Waals surface area contributed by atoms with Crippen molar-refractivity contribution in [2.75, 3.05) is 0 Å². The number of carbonyl (C=O) groups is 1. The molecule has 4 heteroatoms. The summed E-state index contributed by atoms with van der Waals surface area (Å²) >= 11 is 0. The molecule has 2 heterocycles. The topological polar surface area (TPSA) is 45.0 Å². The first-order chi connectivity index (χ1) is 8.33. The molecule has 1 aromatic carbocycles. The molecule has 2 fully saturated rings. The molecule has 17 heavy (non-hydrogen) atoms. The molecule has 0 spiro atoms. The minimum atomic E-state index is 0.286. The van der Waals surface area contributed by atoms with E-state index in [1.807, 2.05) is 35.3 Å². The van der Waals surface area contributed by atoms with Gasteiger partial charge in [-0.1, -0.05) is 23.4 Å². The molecule has 2 atom stereocenters. The van der Waals surface area contributed by atoms with E-state index < -0.39 is 0 Å². The van der Waals surface area contributed by atoms with E-state index >= 15 is 0 Å². The summed E-state index contributed by atoms with van der Waals surface area (Å²) < 4.78 is 0. The van der Waals surface area contributed by atoms with Crippen molar-refractivity contribution in [3.05, 3.63) is 30.3 Å². The van der Waals surface area contributed by atoms with Crippen LogP contribution < -0.4 is 0 Å². The Kier molecular flexibility index (Phi) is 2.63. The zero-order chi connectivity index (χ0) is 11.7. The Bertz CT molecular complexity index is 427. The van der Waals surface area contributed by atoms with Crippen molar-refractivity contribution in [1.29, 1.82) is 0 Å². The Hall–Kier alpha value is -1.71. The van der Waals surface area contributed by atoms with E-state index in [-0.39, 0.29) is 12.1 Å². The maximum atomic E-state index is 11.4. The molecule has 4 nitrogen and oxygen atoms in total. The van der Waals surface area contributed by atoms with E-state index in [0.29, 0.717) is 18.6 Å². The van der Waals surface area contributed by atoms with E-state index in [1.54, 1.807) is 0 Å². The number of piperidine rings is 1. The lowest BCUT2D eigenvalue weighted by atomic mass is 10.0. The van der Waals surface area contributed by atoms with Gasteiger partial charge in [0, 0.05) is 12.8 Å². The van der Waals surface area contributed by atoms with E-state index in [2.05, 4.69) is 10.3 Å². The number of carbonyl (C=O) groups excluding carboxylic acids is 1. The lowest BCUT2D eigenvalue weighted by molar-refractivity contribution is -0.123. The van der Waals surface area contributed by atoms with Gasteiger partial charge in [0.05, 0.1) is 17.8 Å². The molecule has 0 radical (unpaired) electrons. The number of hydrogen-bond donors (Lipinski definition) is 0. The summed E-state index contributed by atoms with van der Waals surface area (Å²) in [6.07, 6.45) is 3.43. The SMILES string of the molecule is O=C1C[C@H]2CC[C@@H](C1)N2N=Nc1ccccc1. The molecule has 2 aliphatic heterocycles. The summed E-state index contributed by atoms with van der Waals surface area (Å²) in [5.41, 5.74) is 0.865. The van der Waals surface area contributed by atoms with Gasteiger partial charge in [0.1, 0.15) is 5.78 Å². The third kappa shape index (κ3) is 2.07. The first-order valence-electron chi connectivity index (χ1n) is 6.09. The molecular formula is C13H15N3O. The Morgan fingerprint density at radius 3 is 2.35 bits per heavy atom. The van der Waals surface area contributed by atoms with Gasteiger partial charge in [-0.15, -0.1) is 5.11 Å². The molecule has 88 valence electrons. The minimum absolute atomic E-state index is 0.286. The summed E-state index contributed by atoms with van der Waals surface area (Å²) in [6, 6.07) is 10.3. The van der Waals surface area contributed by atoms with Gasteiger partial charge in [0.2, 0.25) is 0 Å². The molecule has 0 saturated carbocycles. The molecule has 0 aromatic heterocycles. The van der Waals surface area contributed by atoms with Crippen LogP contribution in [0.4, 0.5) is 5.69 Å². The number of Topliss-reactive ketones (excluding diaryl/α,β-unsaturated/α-hetero) is 1. The smallest absolute Gasteiger partial charge is 0.137 e. The third-order valence-electron chi connectivity index (χ3n) is 3.53. The fourth-order valence-electron chi connectivity index (χ4n) is 2.69. The second-order valence-electron chi connectivity index (χ2n) is 4.74. The van der Waals surface area contributed by atoms with E-state index in [4.69, 9.17) is 0 Å². The monoisotopic (exact) mass is 229 g/mol. The van der Waals surface area contributed by atoms with E-state index in [1.165, 1.54) is 0 Å². The zero-order valence-corrected chi connectivity index (χ0v) is 9.62. The van der Waals surface area contributed by atoms with Crippen molar-refractivity contribution in [3.8, 4) is 0 Å². The normalized spacial score (nSPS) is 28.0. The van der Waals surface area contributed by atoms with E-state index in [9.17, 15) is 4.79 Å². The highest BCUT2D eigenvalue weighted by Gasteiger charge is 2.39. The summed E-state index contributed by atoms with van der Waals surface area (Å²) in [6.45, 7) is 0. The lowest BCUT2D eigenvalue weighted by Crippen LogP contribution is -2.39. The van der Waals surface area contributed by atoms with Gasteiger partial charge in [0.25, 0.3) is 0 Å². The van der Waals surface area contributed by atoms with Crippen LogP contribution in [-0.4, -0.2) is 22.9 Å². The number of fused-ring (bicyclic) bond motifs is 2. The van der Waals surface area contributed by atoms with Gasteiger partial charge in [-0.05, 0) is 25.0 Å². The Morgan fingerprint density at radius 2 is 1.71 bits per heavy atom. The van der Waals surface area contributed by atoms with Gasteiger partial charge >= 0.3 is 0 Å². The Morgan fingerprint density at radius 1 is 1.06 bits per heavy atom. The van der Waals surface area contributed by atoms with Crippen LogP contribution in [0.15, 0.2) is 40.7 Å². The van der Waals surface area contributed by atoms with Crippen LogP contribution in [0.3, 0.4) is 0 Å². The predicted octanol–water partition coefficient (Wildman–Crippen LogP) is 2.88. The van der Waals surface area contributed by atoms with Crippen LogP contribution in [-0.2, 0) is 4.79 Å². The first-order valence-corrected chi connectivity index (χ1v) is 6.09. The number of hydrogen-bond acceptors (Lipinski definition) is 3. The highest BCUT2D eigenvalue weighted by molar-refractivity contribution is 5.80. The summed E-state index contributed by atoms with van der Waals surface area (Å²) in [4.78, 5) is 11.4. The molecule has 0 amide bonds. The maximum absolute atomic E-state index is 11.4. The maximum Gasteiger partial charge on any atom is 0.137 e. The van der Waals surface area contributed by atoms with Crippen molar-refractivity contribution in [2.45, 2.75) is 37.8 Å².